The Bertz CT molecular complexity index is 460. The van der Waals surface area contributed by atoms with E-state index in [1.54, 1.807) is 0 Å². The summed E-state index contributed by atoms with van der Waals surface area (Å²) < 4.78 is 3.33. The van der Waals surface area contributed by atoms with Crippen molar-refractivity contribution in [2.75, 3.05) is 5.43 Å². The molecule has 1 N–H and O–H groups in total. The van der Waals surface area contributed by atoms with Crippen molar-refractivity contribution in [2.24, 2.45) is 0 Å². The maximum atomic E-state index is 3.54. The van der Waals surface area contributed by atoms with E-state index in [2.05, 4.69) is 65.0 Å². The van der Waals surface area contributed by atoms with E-state index in [4.69, 9.17) is 0 Å². The van der Waals surface area contributed by atoms with Gasteiger partial charge in [0, 0.05) is 25.6 Å². The highest BCUT2D eigenvalue weighted by Gasteiger charge is 2.04. The van der Waals surface area contributed by atoms with Crippen LogP contribution in [0.2, 0.25) is 0 Å². The Morgan fingerprint density at radius 2 is 1.88 bits per heavy atom. The number of rotatable bonds is 3. The van der Waals surface area contributed by atoms with Crippen LogP contribution < -0.4 is 5.43 Å². The second-order valence-electron chi connectivity index (χ2n) is 3.90. The molecular formula is C12H15BrN2S. The minimum atomic E-state index is 0.869. The third-order valence-electron chi connectivity index (χ3n) is 2.59. The van der Waals surface area contributed by atoms with Crippen LogP contribution in [0.15, 0.2) is 22.7 Å². The lowest BCUT2D eigenvalue weighted by Gasteiger charge is -2.11. The van der Waals surface area contributed by atoms with Crippen molar-refractivity contribution in [1.29, 1.82) is 0 Å². The number of hydrogen-bond donors (Lipinski definition) is 1. The van der Waals surface area contributed by atoms with Crippen molar-refractivity contribution in [3.63, 3.8) is 0 Å². The summed E-state index contributed by atoms with van der Waals surface area (Å²) in [7, 11) is 0. The molecule has 0 saturated carbocycles. The highest BCUT2D eigenvalue weighted by Crippen LogP contribution is 2.26. The average Bonchev–Trinajstić information content (AvgIpc) is 2.70. The van der Waals surface area contributed by atoms with Crippen molar-refractivity contribution in [3.05, 3.63) is 43.8 Å². The molecule has 0 spiro atoms. The third-order valence-corrected chi connectivity index (χ3v) is 4.73. The lowest BCUT2D eigenvalue weighted by molar-refractivity contribution is 0.797. The van der Waals surface area contributed by atoms with Crippen LogP contribution >= 0.6 is 27.3 Å². The molecule has 2 nitrogen and oxygen atoms in total. The van der Waals surface area contributed by atoms with Crippen LogP contribution in [0.4, 0.5) is 0 Å². The molecule has 2 rings (SSSR count). The molecule has 86 valence electrons. The largest absolute Gasteiger partial charge is 0.321 e. The van der Waals surface area contributed by atoms with Gasteiger partial charge < -0.3 is 5.43 Å². The molecule has 0 atom stereocenters. The van der Waals surface area contributed by atoms with Gasteiger partial charge in [0.2, 0.25) is 0 Å². The highest BCUT2D eigenvalue weighted by atomic mass is 79.9. The number of aromatic nitrogens is 1. The number of nitrogens with zero attached hydrogens (tertiary/aromatic N) is 1. The topological polar surface area (TPSA) is 17.0 Å². The smallest absolute Gasteiger partial charge is 0.0657 e. The first kappa shape index (κ1) is 11.7. The van der Waals surface area contributed by atoms with Gasteiger partial charge in [0.15, 0.2) is 0 Å². The van der Waals surface area contributed by atoms with Crippen LogP contribution in [0.1, 0.15) is 21.1 Å². The molecule has 0 radical (unpaired) electrons. The molecule has 0 aliphatic rings. The number of aryl methyl sites for hydroxylation is 3. The summed E-state index contributed by atoms with van der Waals surface area (Å²) in [6.45, 7) is 7.21. The minimum absolute atomic E-state index is 0.869. The van der Waals surface area contributed by atoms with E-state index in [1.165, 1.54) is 25.6 Å². The van der Waals surface area contributed by atoms with Gasteiger partial charge >= 0.3 is 0 Å². The van der Waals surface area contributed by atoms with Crippen molar-refractivity contribution < 1.29 is 0 Å². The van der Waals surface area contributed by atoms with Crippen LogP contribution in [0.25, 0.3) is 0 Å². The van der Waals surface area contributed by atoms with Gasteiger partial charge in [-0.2, -0.15) is 0 Å². The standard InChI is InChI=1S/C12H15BrN2S/c1-8-4-5-9(2)15(8)14-7-11-6-12(13)10(3)16-11/h4-6,14H,7H2,1-3H3. The number of thiophene rings is 1. The monoisotopic (exact) mass is 298 g/mol. The molecule has 0 aromatic carbocycles. The van der Waals surface area contributed by atoms with E-state index in [0.29, 0.717) is 0 Å². The first-order valence-electron chi connectivity index (χ1n) is 5.21. The highest BCUT2D eigenvalue weighted by molar-refractivity contribution is 9.10. The predicted molar refractivity (Wildman–Crippen MR) is 73.7 cm³/mol. The lowest BCUT2D eigenvalue weighted by atomic mass is 10.4. The van der Waals surface area contributed by atoms with Crippen LogP contribution in [0.3, 0.4) is 0 Å². The van der Waals surface area contributed by atoms with E-state index >= 15 is 0 Å². The molecule has 0 fully saturated rings. The summed E-state index contributed by atoms with van der Waals surface area (Å²) in [4.78, 5) is 2.68. The molecule has 0 unspecified atom stereocenters. The van der Waals surface area contributed by atoms with Crippen LogP contribution in [0.5, 0.6) is 0 Å². The Morgan fingerprint density at radius 3 is 2.38 bits per heavy atom. The molecule has 0 aliphatic carbocycles. The Labute approximate surface area is 108 Å². The van der Waals surface area contributed by atoms with Gasteiger partial charge in [-0.15, -0.1) is 11.3 Å². The van der Waals surface area contributed by atoms with Gasteiger partial charge in [0.25, 0.3) is 0 Å². The lowest BCUT2D eigenvalue weighted by Crippen LogP contribution is -2.16. The quantitative estimate of drug-likeness (QED) is 0.907. The van der Waals surface area contributed by atoms with E-state index < -0.39 is 0 Å². The van der Waals surface area contributed by atoms with Crippen molar-refractivity contribution >= 4 is 27.3 Å². The van der Waals surface area contributed by atoms with Crippen molar-refractivity contribution in [3.8, 4) is 0 Å². The number of nitrogens with one attached hydrogen (secondary N) is 1. The van der Waals surface area contributed by atoms with E-state index in [9.17, 15) is 0 Å². The Hall–Kier alpha value is -0.740. The van der Waals surface area contributed by atoms with Gasteiger partial charge in [0.1, 0.15) is 0 Å². The summed E-state index contributed by atoms with van der Waals surface area (Å²) in [6.07, 6.45) is 0. The molecular weight excluding hydrogens is 284 g/mol. The molecule has 2 heterocycles. The maximum Gasteiger partial charge on any atom is 0.0657 e. The van der Waals surface area contributed by atoms with E-state index in [1.807, 2.05) is 11.3 Å². The average molecular weight is 299 g/mol. The zero-order valence-electron chi connectivity index (χ0n) is 9.67. The SMILES string of the molecule is Cc1sc(CNn2c(C)ccc2C)cc1Br. The van der Waals surface area contributed by atoms with Crippen molar-refractivity contribution in [2.45, 2.75) is 27.3 Å². The Kier molecular flexibility index (Phi) is 3.40. The summed E-state index contributed by atoms with van der Waals surface area (Å²) >= 11 is 5.36. The fraction of sp³-hybridized carbons (Fsp3) is 0.333. The summed E-state index contributed by atoms with van der Waals surface area (Å²) in [5.41, 5.74) is 5.91. The first-order valence-corrected chi connectivity index (χ1v) is 6.82. The predicted octanol–water partition coefficient (Wildman–Crippen LogP) is 3.98. The number of hydrogen-bond acceptors (Lipinski definition) is 2. The third kappa shape index (κ3) is 2.33. The maximum absolute atomic E-state index is 3.54. The van der Waals surface area contributed by atoms with E-state index in [-0.39, 0.29) is 0 Å². The first-order chi connectivity index (χ1) is 7.58. The molecule has 4 heteroatoms. The molecule has 2 aromatic heterocycles. The van der Waals surface area contributed by atoms with Crippen LogP contribution in [-0.2, 0) is 6.54 Å². The van der Waals surface area contributed by atoms with Gasteiger partial charge in [0.05, 0.1) is 6.54 Å². The van der Waals surface area contributed by atoms with Gasteiger partial charge in [-0.25, -0.2) is 0 Å². The van der Waals surface area contributed by atoms with E-state index in [0.717, 1.165) is 6.54 Å². The van der Waals surface area contributed by atoms with Crippen LogP contribution in [0, 0.1) is 20.8 Å². The Balaban J connectivity index is 2.08. The molecule has 2 aromatic rings. The zero-order valence-corrected chi connectivity index (χ0v) is 12.1. The van der Waals surface area contributed by atoms with Gasteiger partial charge in [-0.1, -0.05) is 0 Å². The molecule has 0 amide bonds. The van der Waals surface area contributed by atoms with Gasteiger partial charge in [-0.05, 0) is 54.9 Å². The fourth-order valence-corrected chi connectivity index (χ4v) is 3.21. The molecule has 16 heavy (non-hydrogen) atoms. The Morgan fingerprint density at radius 1 is 1.25 bits per heavy atom. The zero-order chi connectivity index (χ0) is 11.7. The summed E-state index contributed by atoms with van der Waals surface area (Å²) in [6, 6.07) is 6.43. The second-order valence-corrected chi connectivity index (χ2v) is 6.10. The summed E-state index contributed by atoms with van der Waals surface area (Å²) in [5.74, 6) is 0. The normalized spacial score (nSPS) is 10.8. The summed E-state index contributed by atoms with van der Waals surface area (Å²) in [5, 5.41) is 0. The van der Waals surface area contributed by atoms with Crippen LogP contribution in [-0.4, -0.2) is 4.68 Å². The molecule has 0 saturated heterocycles. The van der Waals surface area contributed by atoms with Gasteiger partial charge in [-0.3, -0.25) is 4.68 Å². The van der Waals surface area contributed by atoms with Crippen molar-refractivity contribution in [1.82, 2.24) is 4.68 Å². The second kappa shape index (κ2) is 4.63. The fourth-order valence-electron chi connectivity index (χ4n) is 1.68. The molecule has 0 bridgehead atoms. The number of halogens is 1. The minimum Gasteiger partial charge on any atom is -0.321 e. The molecule has 0 aliphatic heterocycles.